The maximum Gasteiger partial charge on any atom is 0.131 e. The molecule has 0 aliphatic heterocycles. The first-order valence-corrected chi connectivity index (χ1v) is 12.0. The zero-order valence-electron chi connectivity index (χ0n) is 17.2. The molecule has 4 nitrogen and oxygen atoms in total. The summed E-state index contributed by atoms with van der Waals surface area (Å²) < 4.78 is 7.30. The number of allylic oxidation sites excluding steroid dienone is 2. The van der Waals surface area contributed by atoms with Gasteiger partial charge in [0.1, 0.15) is 11.5 Å². The van der Waals surface area contributed by atoms with Crippen molar-refractivity contribution in [3.63, 3.8) is 0 Å². The number of pyridine rings is 1. The van der Waals surface area contributed by atoms with Gasteiger partial charge in [-0.1, -0.05) is 18.9 Å². The van der Waals surface area contributed by atoms with E-state index < -0.39 is 0 Å². The molecular formula is C25H28N2O2S. The normalized spacial score (nSPS) is 22.1. The Bertz CT molecular complexity index is 1060. The van der Waals surface area contributed by atoms with Gasteiger partial charge >= 0.3 is 0 Å². The van der Waals surface area contributed by atoms with Crippen molar-refractivity contribution in [3.8, 4) is 11.5 Å². The Balaban J connectivity index is 1.32. The summed E-state index contributed by atoms with van der Waals surface area (Å²) in [6, 6.07) is 10.1. The van der Waals surface area contributed by atoms with Crippen molar-refractivity contribution < 1.29 is 9.84 Å². The Morgan fingerprint density at radius 2 is 1.93 bits per heavy atom. The van der Waals surface area contributed by atoms with Crippen LogP contribution in [0, 0.1) is 5.92 Å². The molecule has 2 atom stereocenters. The standard InChI is InChI=1S/C25H28N2O2S/c28-23-9-5-4-8-18(23)14-25-27-21-11-10-19(16-24(21)30-25)29-20-12-13-26-22(15-20)17-6-2-1-3-7-17/h6,10-13,15-16,18,23,28H,1-5,7-9,14H2/t18-,23+/m0/s1. The summed E-state index contributed by atoms with van der Waals surface area (Å²) in [6.45, 7) is 0. The summed E-state index contributed by atoms with van der Waals surface area (Å²) in [7, 11) is 0. The average Bonchev–Trinajstić information content (AvgIpc) is 3.18. The Labute approximate surface area is 181 Å². The smallest absolute Gasteiger partial charge is 0.131 e. The number of nitrogens with zero attached hydrogens (tertiary/aromatic N) is 2. The van der Waals surface area contributed by atoms with E-state index in [0.717, 1.165) is 70.9 Å². The highest BCUT2D eigenvalue weighted by Crippen LogP contribution is 2.34. The number of thiazole rings is 1. The summed E-state index contributed by atoms with van der Waals surface area (Å²) in [6.07, 6.45) is 14.0. The Morgan fingerprint density at radius 1 is 1.03 bits per heavy atom. The highest BCUT2D eigenvalue weighted by atomic mass is 32.1. The van der Waals surface area contributed by atoms with Gasteiger partial charge in [-0.15, -0.1) is 11.3 Å². The quantitative estimate of drug-likeness (QED) is 0.509. The van der Waals surface area contributed by atoms with Gasteiger partial charge in [0.2, 0.25) is 0 Å². The maximum absolute atomic E-state index is 10.3. The number of ether oxygens (including phenoxy) is 1. The summed E-state index contributed by atoms with van der Waals surface area (Å²) in [5, 5.41) is 11.4. The summed E-state index contributed by atoms with van der Waals surface area (Å²) in [4.78, 5) is 9.34. The van der Waals surface area contributed by atoms with E-state index >= 15 is 0 Å². The lowest BCUT2D eigenvalue weighted by Gasteiger charge is -2.26. The van der Waals surface area contributed by atoms with Crippen LogP contribution in [-0.2, 0) is 6.42 Å². The molecule has 0 unspecified atom stereocenters. The highest BCUT2D eigenvalue weighted by molar-refractivity contribution is 7.18. The first kappa shape index (κ1) is 19.7. The summed E-state index contributed by atoms with van der Waals surface area (Å²) >= 11 is 1.72. The number of rotatable bonds is 5. The van der Waals surface area contributed by atoms with Gasteiger partial charge in [0, 0.05) is 24.8 Å². The second kappa shape index (κ2) is 8.86. The molecule has 0 saturated heterocycles. The molecule has 156 valence electrons. The van der Waals surface area contributed by atoms with Crippen molar-refractivity contribution >= 4 is 27.1 Å². The fourth-order valence-corrected chi connectivity index (χ4v) is 5.70. The van der Waals surface area contributed by atoms with Crippen LogP contribution in [0.2, 0.25) is 0 Å². The molecule has 0 spiro atoms. The van der Waals surface area contributed by atoms with Gasteiger partial charge in [-0.2, -0.15) is 0 Å². The molecule has 0 radical (unpaired) electrons. The second-order valence-electron chi connectivity index (χ2n) is 8.51. The molecule has 5 heteroatoms. The van der Waals surface area contributed by atoms with Gasteiger partial charge in [0.25, 0.3) is 0 Å². The molecule has 1 aromatic carbocycles. The molecular weight excluding hydrogens is 392 g/mol. The van der Waals surface area contributed by atoms with Gasteiger partial charge in [-0.3, -0.25) is 4.98 Å². The van der Waals surface area contributed by atoms with Gasteiger partial charge in [0.15, 0.2) is 0 Å². The molecule has 3 aromatic rings. The molecule has 0 amide bonds. The largest absolute Gasteiger partial charge is 0.457 e. The minimum Gasteiger partial charge on any atom is -0.457 e. The monoisotopic (exact) mass is 420 g/mol. The van der Waals surface area contributed by atoms with Crippen LogP contribution in [0.15, 0.2) is 42.6 Å². The van der Waals surface area contributed by atoms with E-state index in [1.807, 2.05) is 30.5 Å². The number of fused-ring (bicyclic) bond motifs is 1. The number of aliphatic hydroxyl groups is 1. The predicted octanol–water partition coefficient (Wildman–Crippen LogP) is 6.53. The lowest BCUT2D eigenvalue weighted by molar-refractivity contribution is 0.0700. The number of aliphatic hydroxyl groups excluding tert-OH is 1. The Hall–Kier alpha value is -2.24. The van der Waals surface area contributed by atoms with Crippen LogP contribution in [0.25, 0.3) is 15.8 Å². The zero-order valence-corrected chi connectivity index (χ0v) is 18.0. The van der Waals surface area contributed by atoms with Crippen LogP contribution in [0.4, 0.5) is 0 Å². The third kappa shape index (κ3) is 4.42. The van der Waals surface area contributed by atoms with Crippen LogP contribution in [0.3, 0.4) is 0 Å². The van der Waals surface area contributed by atoms with Crippen molar-refractivity contribution in [1.29, 1.82) is 0 Å². The third-order valence-electron chi connectivity index (χ3n) is 6.30. The lowest BCUT2D eigenvalue weighted by atomic mass is 9.84. The molecule has 1 fully saturated rings. The molecule has 1 saturated carbocycles. The van der Waals surface area contributed by atoms with Gasteiger partial charge < -0.3 is 9.84 Å². The fraction of sp³-hybridized carbons (Fsp3) is 0.440. The van der Waals surface area contributed by atoms with Crippen LogP contribution < -0.4 is 4.74 Å². The molecule has 1 N–H and O–H groups in total. The van der Waals surface area contributed by atoms with E-state index in [-0.39, 0.29) is 6.10 Å². The van der Waals surface area contributed by atoms with E-state index in [4.69, 9.17) is 9.72 Å². The molecule has 2 heterocycles. The zero-order chi connectivity index (χ0) is 20.3. The fourth-order valence-electron chi connectivity index (χ4n) is 4.61. The Kier molecular flexibility index (Phi) is 5.82. The van der Waals surface area contributed by atoms with E-state index in [0.29, 0.717) is 5.92 Å². The van der Waals surface area contributed by atoms with Crippen molar-refractivity contribution in [2.24, 2.45) is 5.92 Å². The second-order valence-corrected chi connectivity index (χ2v) is 9.62. The van der Waals surface area contributed by atoms with Crippen LogP contribution in [-0.4, -0.2) is 21.2 Å². The van der Waals surface area contributed by atoms with Crippen LogP contribution in [0.5, 0.6) is 11.5 Å². The van der Waals surface area contributed by atoms with Crippen molar-refractivity contribution in [3.05, 3.63) is 53.3 Å². The highest BCUT2D eigenvalue weighted by Gasteiger charge is 2.24. The predicted molar refractivity (Wildman–Crippen MR) is 122 cm³/mol. The van der Waals surface area contributed by atoms with Crippen molar-refractivity contribution in [1.82, 2.24) is 9.97 Å². The summed E-state index contributed by atoms with van der Waals surface area (Å²) in [5.74, 6) is 1.99. The van der Waals surface area contributed by atoms with Crippen LogP contribution in [0.1, 0.15) is 62.1 Å². The average molecular weight is 421 g/mol. The first-order valence-electron chi connectivity index (χ1n) is 11.2. The molecule has 0 bridgehead atoms. The lowest BCUT2D eigenvalue weighted by Crippen LogP contribution is -2.26. The molecule has 5 rings (SSSR count). The third-order valence-corrected chi connectivity index (χ3v) is 7.34. The van der Waals surface area contributed by atoms with Gasteiger partial charge in [-0.25, -0.2) is 4.98 Å². The van der Waals surface area contributed by atoms with E-state index in [9.17, 15) is 5.11 Å². The molecule has 2 aliphatic carbocycles. The number of hydrogen-bond acceptors (Lipinski definition) is 5. The van der Waals surface area contributed by atoms with Crippen molar-refractivity contribution in [2.75, 3.05) is 0 Å². The topological polar surface area (TPSA) is 55.2 Å². The number of hydrogen-bond donors (Lipinski definition) is 1. The SMILES string of the molecule is O[C@@H]1CCCC[C@H]1Cc1nc2ccc(Oc3ccnc(C4=CCCCC4)c3)cc2s1. The van der Waals surface area contributed by atoms with E-state index in [2.05, 4.69) is 17.1 Å². The van der Waals surface area contributed by atoms with Crippen LogP contribution >= 0.6 is 11.3 Å². The first-order chi connectivity index (χ1) is 14.7. The molecule has 30 heavy (non-hydrogen) atoms. The molecule has 2 aromatic heterocycles. The maximum atomic E-state index is 10.3. The van der Waals surface area contributed by atoms with E-state index in [1.54, 1.807) is 11.3 Å². The van der Waals surface area contributed by atoms with Gasteiger partial charge in [0.05, 0.1) is 27.0 Å². The molecule has 2 aliphatic rings. The minimum atomic E-state index is -0.176. The number of aromatic nitrogens is 2. The van der Waals surface area contributed by atoms with Gasteiger partial charge in [-0.05, 0) is 68.2 Å². The Morgan fingerprint density at radius 3 is 2.80 bits per heavy atom. The van der Waals surface area contributed by atoms with Crippen molar-refractivity contribution in [2.45, 2.75) is 63.9 Å². The number of benzene rings is 1. The van der Waals surface area contributed by atoms with E-state index in [1.165, 1.54) is 24.8 Å². The summed E-state index contributed by atoms with van der Waals surface area (Å²) in [5.41, 5.74) is 3.37. The minimum absolute atomic E-state index is 0.176.